The first-order valence-electron chi connectivity index (χ1n) is 13.7. The van der Waals surface area contributed by atoms with Gasteiger partial charge in [0.25, 0.3) is 0 Å². The number of ether oxygens (including phenoxy) is 1. The van der Waals surface area contributed by atoms with Gasteiger partial charge in [-0.1, -0.05) is 32.0 Å². The van der Waals surface area contributed by atoms with Gasteiger partial charge in [0.2, 0.25) is 5.88 Å². The number of benzene rings is 2. The summed E-state index contributed by atoms with van der Waals surface area (Å²) < 4.78 is 29.9. The fraction of sp³-hybridized carbons (Fsp3) is 0.433. The summed E-state index contributed by atoms with van der Waals surface area (Å²) >= 11 is 0. The SMILES string of the molecule is CCS(=O)(=O)c1ccc(CNC(=O)N2CC(C)(C3CC3)c3cc(-c4c(OC)ncnc4C4CC4)ccc32)cc1. The van der Waals surface area contributed by atoms with E-state index in [1.165, 1.54) is 5.56 Å². The predicted molar refractivity (Wildman–Crippen MR) is 150 cm³/mol. The summed E-state index contributed by atoms with van der Waals surface area (Å²) in [6.45, 7) is 4.84. The van der Waals surface area contributed by atoms with E-state index in [1.54, 1.807) is 44.6 Å². The Hall–Kier alpha value is -3.46. The maximum Gasteiger partial charge on any atom is 0.322 e. The van der Waals surface area contributed by atoms with Crippen LogP contribution in [0.15, 0.2) is 53.7 Å². The Kier molecular flexibility index (Phi) is 6.37. The van der Waals surface area contributed by atoms with E-state index < -0.39 is 9.84 Å². The molecule has 204 valence electrons. The number of anilines is 1. The van der Waals surface area contributed by atoms with Gasteiger partial charge < -0.3 is 10.1 Å². The molecule has 0 radical (unpaired) electrons. The maximum atomic E-state index is 13.5. The third-order valence-corrected chi connectivity index (χ3v) is 10.3. The minimum atomic E-state index is -3.25. The summed E-state index contributed by atoms with van der Waals surface area (Å²) in [4.78, 5) is 24.7. The summed E-state index contributed by atoms with van der Waals surface area (Å²) in [5.74, 6) is 1.63. The molecule has 1 atom stereocenters. The van der Waals surface area contributed by atoms with Crippen molar-refractivity contribution >= 4 is 21.6 Å². The molecule has 8 nitrogen and oxygen atoms in total. The molecule has 0 bridgehead atoms. The first kappa shape index (κ1) is 25.8. The van der Waals surface area contributed by atoms with E-state index in [0.29, 0.717) is 35.7 Å². The van der Waals surface area contributed by atoms with Gasteiger partial charge in [0, 0.05) is 30.1 Å². The first-order chi connectivity index (χ1) is 18.7. The fourth-order valence-electron chi connectivity index (χ4n) is 5.86. The Labute approximate surface area is 229 Å². The van der Waals surface area contributed by atoms with E-state index >= 15 is 0 Å². The number of nitrogens with one attached hydrogen (secondary N) is 1. The molecule has 0 spiro atoms. The van der Waals surface area contributed by atoms with Crippen LogP contribution in [0, 0.1) is 5.92 Å². The molecule has 3 aliphatic rings. The quantitative estimate of drug-likeness (QED) is 0.416. The number of rotatable bonds is 8. The first-order valence-corrected chi connectivity index (χ1v) is 15.3. The number of hydrogen-bond donors (Lipinski definition) is 1. The molecular formula is C30H34N4O4S. The number of sulfone groups is 1. The lowest BCUT2D eigenvalue weighted by molar-refractivity contribution is 0.244. The van der Waals surface area contributed by atoms with Crippen molar-refractivity contribution in [2.45, 2.75) is 62.3 Å². The average Bonchev–Trinajstić information content (AvgIpc) is 3.88. The highest BCUT2D eigenvalue weighted by molar-refractivity contribution is 7.91. The Morgan fingerprint density at radius 3 is 2.49 bits per heavy atom. The highest BCUT2D eigenvalue weighted by atomic mass is 32.2. The van der Waals surface area contributed by atoms with Gasteiger partial charge in [-0.05, 0) is 72.6 Å². The van der Waals surface area contributed by atoms with Gasteiger partial charge in [-0.15, -0.1) is 0 Å². The number of aromatic nitrogens is 2. The highest BCUT2D eigenvalue weighted by Crippen LogP contribution is 2.55. The Morgan fingerprint density at radius 2 is 1.85 bits per heavy atom. The molecule has 0 saturated heterocycles. The Balaban J connectivity index is 1.28. The topological polar surface area (TPSA) is 101 Å². The van der Waals surface area contributed by atoms with Crippen LogP contribution >= 0.6 is 0 Å². The zero-order valence-corrected chi connectivity index (χ0v) is 23.4. The van der Waals surface area contributed by atoms with Crippen LogP contribution in [0.5, 0.6) is 5.88 Å². The van der Waals surface area contributed by atoms with E-state index in [1.807, 2.05) is 11.0 Å². The summed E-state index contributed by atoms with van der Waals surface area (Å²) in [6, 6.07) is 12.9. The smallest absolute Gasteiger partial charge is 0.322 e. The van der Waals surface area contributed by atoms with Gasteiger partial charge in [-0.25, -0.2) is 23.2 Å². The van der Waals surface area contributed by atoms with Gasteiger partial charge in [-0.2, -0.15) is 0 Å². The minimum Gasteiger partial charge on any atom is -0.480 e. The number of methoxy groups -OCH3 is 1. The molecule has 3 aromatic rings. The van der Waals surface area contributed by atoms with Crippen LogP contribution in [-0.4, -0.2) is 43.8 Å². The molecule has 2 saturated carbocycles. The minimum absolute atomic E-state index is 0.0604. The average molecular weight is 547 g/mol. The van der Waals surface area contributed by atoms with Crippen LogP contribution in [-0.2, 0) is 21.8 Å². The van der Waals surface area contributed by atoms with Gasteiger partial charge in [-0.3, -0.25) is 4.90 Å². The normalized spacial score (nSPS) is 20.5. The van der Waals surface area contributed by atoms with E-state index in [0.717, 1.165) is 53.8 Å². The number of fused-ring (bicyclic) bond motifs is 1. The molecule has 9 heteroatoms. The number of urea groups is 1. The van der Waals surface area contributed by atoms with Gasteiger partial charge >= 0.3 is 6.03 Å². The number of amides is 2. The van der Waals surface area contributed by atoms with Crippen molar-refractivity contribution < 1.29 is 17.9 Å². The standard InChI is InChI=1S/C30H34N4O4S/c1-4-39(36,37)23-12-5-19(6-13-23)16-31-29(35)34-17-30(2,22-10-11-22)24-15-21(9-14-25(24)34)26-27(20-7-8-20)32-18-33-28(26)38-3/h5-6,9,12-15,18,20,22H,4,7-8,10-11,16-17H2,1-3H3,(H,31,35). The number of hydrogen-bond acceptors (Lipinski definition) is 6. The fourth-order valence-corrected chi connectivity index (χ4v) is 6.75. The van der Waals surface area contributed by atoms with Crippen LogP contribution in [0.3, 0.4) is 0 Å². The molecule has 2 amide bonds. The van der Waals surface area contributed by atoms with E-state index in [9.17, 15) is 13.2 Å². The number of carbonyl (C=O) groups excluding carboxylic acids is 1. The van der Waals surface area contributed by atoms with E-state index in [-0.39, 0.29) is 17.2 Å². The van der Waals surface area contributed by atoms with Crippen molar-refractivity contribution in [1.82, 2.24) is 15.3 Å². The van der Waals surface area contributed by atoms with Crippen molar-refractivity contribution in [3.05, 3.63) is 65.6 Å². The molecule has 2 heterocycles. The lowest BCUT2D eigenvalue weighted by Gasteiger charge is -2.26. The van der Waals surface area contributed by atoms with Crippen LogP contribution < -0.4 is 15.0 Å². The molecular weight excluding hydrogens is 512 g/mol. The second kappa shape index (κ2) is 9.62. The zero-order chi connectivity index (χ0) is 27.4. The molecule has 2 fully saturated rings. The van der Waals surface area contributed by atoms with Crippen LogP contribution in [0.25, 0.3) is 11.1 Å². The third kappa shape index (κ3) is 4.67. The summed E-state index contributed by atoms with van der Waals surface area (Å²) in [5.41, 5.74) is 5.85. The molecule has 1 unspecified atom stereocenters. The Morgan fingerprint density at radius 1 is 1.10 bits per heavy atom. The lowest BCUT2D eigenvalue weighted by Crippen LogP contribution is -2.42. The monoisotopic (exact) mass is 546 g/mol. The number of nitrogens with zero attached hydrogens (tertiary/aromatic N) is 3. The van der Waals surface area contributed by atoms with Crippen LogP contribution in [0.1, 0.15) is 62.3 Å². The molecule has 6 rings (SSSR count). The van der Waals surface area contributed by atoms with Crippen LogP contribution in [0.2, 0.25) is 0 Å². The second-order valence-electron chi connectivity index (χ2n) is 11.1. The molecule has 2 aliphatic carbocycles. The highest BCUT2D eigenvalue weighted by Gasteiger charge is 2.50. The van der Waals surface area contributed by atoms with E-state index in [4.69, 9.17) is 4.74 Å². The van der Waals surface area contributed by atoms with Crippen molar-refractivity contribution in [3.63, 3.8) is 0 Å². The zero-order valence-electron chi connectivity index (χ0n) is 22.6. The van der Waals surface area contributed by atoms with Gasteiger partial charge in [0.1, 0.15) is 6.33 Å². The van der Waals surface area contributed by atoms with Crippen molar-refractivity contribution in [2.75, 3.05) is 24.3 Å². The summed E-state index contributed by atoms with van der Waals surface area (Å²) in [7, 11) is -1.61. The van der Waals surface area contributed by atoms with E-state index in [2.05, 4.69) is 34.3 Å². The molecule has 1 aliphatic heterocycles. The molecule has 1 aromatic heterocycles. The third-order valence-electron chi connectivity index (χ3n) is 8.51. The maximum absolute atomic E-state index is 13.5. The number of carbonyl (C=O) groups is 1. The Bertz CT molecular complexity index is 1530. The van der Waals surface area contributed by atoms with Crippen molar-refractivity contribution in [2.24, 2.45) is 5.92 Å². The summed E-state index contributed by atoms with van der Waals surface area (Å²) in [5, 5.41) is 3.05. The molecule has 2 aromatic carbocycles. The largest absolute Gasteiger partial charge is 0.480 e. The van der Waals surface area contributed by atoms with Crippen molar-refractivity contribution in [3.8, 4) is 17.0 Å². The summed E-state index contributed by atoms with van der Waals surface area (Å²) in [6.07, 6.45) is 6.16. The van der Waals surface area contributed by atoms with Crippen molar-refractivity contribution in [1.29, 1.82) is 0 Å². The molecule has 39 heavy (non-hydrogen) atoms. The predicted octanol–water partition coefficient (Wildman–Crippen LogP) is 5.22. The van der Waals surface area contributed by atoms with Gasteiger partial charge in [0.15, 0.2) is 9.84 Å². The second-order valence-corrected chi connectivity index (χ2v) is 13.4. The lowest BCUT2D eigenvalue weighted by atomic mass is 9.79. The molecule has 1 N–H and O–H groups in total. The van der Waals surface area contributed by atoms with Crippen LogP contribution in [0.4, 0.5) is 10.5 Å². The van der Waals surface area contributed by atoms with Gasteiger partial charge in [0.05, 0.1) is 29.0 Å².